The summed E-state index contributed by atoms with van der Waals surface area (Å²) in [5.41, 5.74) is 1.05. The van der Waals surface area contributed by atoms with Gasteiger partial charge in [0.1, 0.15) is 5.82 Å². The largest absolute Gasteiger partial charge is 0.327 e. The topological polar surface area (TPSA) is 62.1 Å². The molecule has 2 aromatic rings. The van der Waals surface area contributed by atoms with Crippen molar-refractivity contribution in [3.8, 4) is 0 Å². The van der Waals surface area contributed by atoms with Crippen LogP contribution in [0.4, 0.5) is 10.1 Å². The van der Waals surface area contributed by atoms with Gasteiger partial charge in [-0.15, -0.1) is 0 Å². The summed E-state index contributed by atoms with van der Waals surface area (Å²) in [5.74, 6) is -0.947. The molecule has 0 radical (unpaired) electrons. The van der Waals surface area contributed by atoms with E-state index in [1.807, 2.05) is 18.2 Å². The Morgan fingerprint density at radius 2 is 1.61 bits per heavy atom. The van der Waals surface area contributed by atoms with E-state index in [0.29, 0.717) is 37.4 Å². The fraction of sp³-hybridized carbons (Fsp3) is 0.286. The zero-order valence-electron chi connectivity index (χ0n) is 15.3. The second-order valence-electron chi connectivity index (χ2n) is 7.12. The number of anilines is 1. The van der Waals surface area contributed by atoms with Gasteiger partial charge in [0, 0.05) is 5.56 Å². The van der Waals surface area contributed by atoms with Gasteiger partial charge in [0.05, 0.1) is 38.3 Å². The van der Waals surface area contributed by atoms with Gasteiger partial charge >= 0.3 is 0 Å². The quantitative estimate of drug-likeness (QED) is 0.787. The fourth-order valence-corrected chi connectivity index (χ4v) is 3.92. The molecule has 3 amide bonds. The number of quaternary nitrogens is 1. The molecule has 0 aliphatic carbocycles. The van der Waals surface area contributed by atoms with Crippen LogP contribution in [0.25, 0.3) is 0 Å². The summed E-state index contributed by atoms with van der Waals surface area (Å²) in [4.78, 5) is 41.8. The summed E-state index contributed by atoms with van der Waals surface area (Å²) in [7, 11) is 0. The van der Waals surface area contributed by atoms with Crippen LogP contribution in [0.15, 0.2) is 54.6 Å². The van der Waals surface area contributed by atoms with E-state index in [-0.39, 0.29) is 24.1 Å². The Balaban J connectivity index is 1.41. The highest BCUT2D eigenvalue weighted by molar-refractivity contribution is 6.21. The zero-order valence-corrected chi connectivity index (χ0v) is 15.3. The van der Waals surface area contributed by atoms with Crippen molar-refractivity contribution < 1.29 is 23.7 Å². The second kappa shape index (κ2) is 7.52. The second-order valence-corrected chi connectivity index (χ2v) is 7.12. The van der Waals surface area contributed by atoms with Crippen molar-refractivity contribution in [1.29, 1.82) is 0 Å². The number of piperazine rings is 1. The first kappa shape index (κ1) is 18.3. The molecule has 4 rings (SSSR count). The third-order valence-corrected chi connectivity index (χ3v) is 5.44. The molecule has 7 heteroatoms. The Morgan fingerprint density at radius 1 is 0.964 bits per heavy atom. The molecule has 2 aliphatic heterocycles. The van der Waals surface area contributed by atoms with E-state index in [4.69, 9.17) is 0 Å². The summed E-state index contributed by atoms with van der Waals surface area (Å²) in [6.45, 7) is 2.30. The lowest BCUT2D eigenvalue weighted by molar-refractivity contribution is -0.918. The first-order valence-electron chi connectivity index (χ1n) is 9.36. The lowest BCUT2D eigenvalue weighted by Crippen LogP contribution is -3.19. The standard InChI is InChI=1S/C21H20FN3O3/c22-16-6-8-17(9-7-16)25-19(26)14-18(21(25)28)23-10-12-24(13-11-23)20(27)15-4-2-1-3-5-15/h1-9,18H,10-14H2/p+1/t18-/m0/s1. The van der Waals surface area contributed by atoms with Crippen molar-refractivity contribution in [1.82, 2.24) is 4.90 Å². The van der Waals surface area contributed by atoms with Crippen LogP contribution < -0.4 is 9.80 Å². The maximum absolute atomic E-state index is 13.1. The van der Waals surface area contributed by atoms with Crippen molar-refractivity contribution in [3.63, 3.8) is 0 Å². The molecular formula is C21H21FN3O3+. The van der Waals surface area contributed by atoms with Crippen LogP contribution in [-0.4, -0.2) is 54.8 Å². The summed E-state index contributed by atoms with van der Waals surface area (Å²) < 4.78 is 13.1. The molecule has 1 N–H and O–H groups in total. The number of nitrogens with zero attached hydrogens (tertiary/aromatic N) is 2. The summed E-state index contributed by atoms with van der Waals surface area (Å²) in [6, 6.07) is 14.0. The lowest BCUT2D eigenvalue weighted by Gasteiger charge is -2.34. The van der Waals surface area contributed by atoms with Gasteiger partial charge in [0.25, 0.3) is 11.8 Å². The van der Waals surface area contributed by atoms with Crippen LogP contribution >= 0.6 is 0 Å². The molecule has 0 aromatic heterocycles. The number of amides is 3. The van der Waals surface area contributed by atoms with E-state index >= 15 is 0 Å². The van der Waals surface area contributed by atoms with Gasteiger partial charge in [-0.05, 0) is 36.4 Å². The van der Waals surface area contributed by atoms with Crippen LogP contribution in [0, 0.1) is 5.82 Å². The van der Waals surface area contributed by atoms with Crippen molar-refractivity contribution in [2.24, 2.45) is 0 Å². The Kier molecular flexibility index (Phi) is 4.92. The molecule has 1 atom stereocenters. The molecule has 2 saturated heterocycles. The summed E-state index contributed by atoms with van der Waals surface area (Å²) >= 11 is 0. The molecule has 28 heavy (non-hydrogen) atoms. The van der Waals surface area contributed by atoms with Crippen LogP contribution in [-0.2, 0) is 9.59 Å². The van der Waals surface area contributed by atoms with Gasteiger partial charge in [-0.1, -0.05) is 18.2 Å². The molecule has 2 aromatic carbocycles. The maximum Gasteiger partial charge on any atom is 0.292 e. The first-order chi connectivity index (χ1) is 13.5. The Hall–Kier alpha value is -3.06. The number of hydrogen-bond acceptors (Lipinski definition) is 3. The van der Waals surface area contributed by atoms with E-state index in [9.17, 15) is 18.8 Å². The van der Waals surface area contributed by atoms with Crippen LogP contribution in [0.3, 0.4) is 0 Å². The predicted molar refractivity (Wildman–Crippen MR) is 100 cm³/mol. The van der Waals surface area contributed by atoms with Crippen molar-refractivity contribution in [2.45, 2.75) is 12.5 Å². The van der Waals surface area contributed by atoms with Crippen molar-refractivity contribution in [2.75, 3.05) is 31.1 Å². The van der Waals surface area contributed by atoms with Gasteiger partial charge in [-0.3, -0.25) is 14.4 Å². The average Bonchev–Trinajstić information content (AvgIpc) is 3.03. The molecule has 6 nitrogen and oxygen atoms in total. The number of nitrogens with one attached hydrogen (secondary N) is 1. The van der Waals surface area contributed by atoms with Gasteiger partial charge in [0.15, 0.2) is 6.04 Å². The number of carbonyl (C=O) groups is 3. The Bertz CT molecular complexity index is 893. The number of rotatable bonds is 3. The van der Waals surface area contributed by atoms with E-state index in [0.717, 1.165) is 9.80 Å². The molecule has 144 valence electrons. The highest BCUT2D eigenvalue weighted by Gasteiger charge is 2.46. The number of carbonyl (C=O) groups excluding carboxylic acids is 3. The molecule has 2 aliphatic rings. The fourth-order valence-electron chi connectivity index (χ4n) is 3.92. The third kappa shape index (κ3) is 3.41. The molecule has 0 unspecified atom stereocenters. The number of imide groups is 1. The van der Waals surface area contributed by atoms with Gasteiger partial charge < -0.3 is 9.80 Å². The molecule has 2 heterocycles. The number of hydrogen-bond donors (Lipinski definition) is 1. The first-order valence-corrected chi connectivity index (χ1v) is 9.36. The van der Waals surface area contributed by atoms with E-state index < -0.39 is 11.9 Å². The smallest absolute Gasteiger partial charge is 0.292 e. The minimum absolute atomic E-state index is 0.0126. The zero-order chi connectivity index (χ0) is 19.7. The minimum Gasteiger partial charge on any atom is -0.327 e. The van der Waals surface area contributed by atoms with Gasteiger partial charge in [0.2, 0.25) is 5.91 Å². The Morgan fingerprint density at radius 3 is 2.25 bits per heavy atom. The van der Waals surface area contributed by atoms with Crippen LogP contribution in [0.5, 0.6) is 0 Å². The molecule has 2 fully saturated rings. The van der Waals surface area contributed by atoms with Crippen LogP contribution in [0.1, 0.15) is 16.8 Å². The molecule has 0 saturated carbocycles. The SMILES string of the molecule is O=C(c1ccccc1)N1CC[NH+]([C@H]2CC(=O)N(c3ccc(F)cc3)C2=O)CC1. The van der Waals surface area contributed by atoms with Gasteiger partial charge in [-0.25, -0.2) is 9.29 Å². The van der Waals surface area contributed by atoms with Gasteiger partial charge in [-0.2, -0.15) is 0 Å². The van der Waals surface area contributed by atoms with E-state index in [1.54, 1.807) is 17.0 Å². The lowest BCUT2D eigenvalue weighted by atomic mass is 10.1. The normalized spacial score (nSPS) is 20.7. The number of halogens is 1. The predicted octanol–water partition coefficient (Wildman–Crippen LogP) is 0.499. The Labute approximate surface area is 162 Å². The van der Waals surface area contributed by atoms with E-state index in [1.165, 1.54) is 24.3 Å². The molecule has 0 bridgehead atoms. The average molecular weight is 382 g/mol. The molecular weight excluding hydrogens is 361 g/mol. The summed E-state index contributed by atoms with van der Waals surface area (Å²) in [5, 5.41) is 0. The minimum atomic E-state index is -0.452. The number of benzene rings is 2. The van der Waals surface area contributed by atoms with Crippen molar-refractivity contribution in [3.05, 3.63) is 66.0 Å². The highest BCUT2D eigenvalue weighted by Crippen LogP contribution is 2.22. The monoisotopic (exact) mass is 382 g/mol. The summed E-state index contributed by atoms with van der Waals surface area (Å²) in [6.07, 6.45) is 0.137. The highest BCUT2D eigenvalue weighted by atomic mass is 19.1. The maximum atomic E-state index is 13.1. The molecule has 0 spiro atoms. The van der Waals surface area contributed by atoms with Crippen molar-refractivity contribution >= 4 is 23.4 Å². The van der Waals surface area contributed by atoms with Crippen LogP contribution in [0.2, 0.25) is 0 Å². The third-order valence-electron chi connectivity index (χ3n) is 5.44. The van der Waals surface area contributed by atoms with E-state index in [2.05, 4.69) is 0 Å².